The summed E-state index contributed by atoms with van der Waals surface area (Å²) in [6.45, 7) is 4.50. The molecule has 114 valence electrons. The van der Waals surface area contributed by atoms with Gasteiger partial charge in [0.05, 0.1) is 5.69 Å². The van der Waals surface area contributed by atoms with Gasteiger partial charge in [0, 0.05) is 26.2 Å². The highest BCUT2D eigenvalue weighted by Crippen LogP contribution is 2.33. The number of sulfonamides is 1. The van der Waals surface area contributed by atoms with Gasteiger partial charge in [0.1, 0.15) is 10.0 Å². The molecule has 1 aliphatic rings. The first kappa shape index (κ1) is 15.8. The largest absolute Gasteiger partial charge is 0.329 e. The van der Waals surface area contributed by atoms with Crippen LogP contribution in [0.3, 0.4) is 0 Å². The van der Waals surface area contributed by atoms with E-state index in [4.69, 9.17) is 17.3 Å². The van der Waals surface area contributed by atoms with Gasteiger partial charge in [0.2, 0.25) is 10.0 Å². The maximum absolute atomic E-state index is 12.9. The number of halogens is 1. The molecule has 8 heteroatoms. The monoisotopic (exact) mass is 320 g/mol. The van der Waals surface area contributed by atoms with E-state index >= 15 is 0 Å². The standard InChI is InChI=1S/C12H21ClN4O2S/c1-8-5-4-6-17(10(8)7-14)20(18,19)11-9(2)15-16(3)12(11)13/h8,10H,4-7,14H2,1-3H3. The average molecular weight is 321 g/mol. The number of rotatable bonds is 3. The zero-order chi connectivity index (χ0) is 15.1. The molecule has 2 unspecified atom stereocenters. The van der Waals surface area contributed by atoms with Gasteiger partial charge in [-0.1, -0.05) is 18.5 Å². The average Bonchev–Trinajstić information content (AvgIpc) is 2.63. The number of nitrogens with zero attached hydrogens (tertiary/aromatic N) is 3. The van der Waals surface area contributed by atoms with Crippen LogP contribution >= 0.6 is 11.6 Å². The SMILES string of the molecule is Cc1nn(C)c(Cl)c1S(=O)(=O)N1CCCC(C)C1CN. The minimum atomic E-state index is -3.66. The summed E-state index contributed by atoms with van der Waals surface area (Å²) in [5.74, 6) is 0.249. The molecule has 2 N–H and O–H groups in total. The first-order valence-corrected chi connectivity index (χ1v) is 8.53. The first-order chi connectivity index (χ1) is 9.30. The lowest BCUT2D eigenvalue weighted by atomic mass is 9.93. The van der Waals surface area contributed by atoms with E-state index < -0.39 is 10.0 Å². The molecule has 6 nitrogen and oxygen atoms in total. The fraction of sp³-hybridized carbons (Fsp3) is 0.750. The van der Waals surface area contributed by atoms with Gasteiger partial charge < -0.3 is 5.73 Å². The van der Waals surface area contributed by atoms with Crippen molar-refractivity contribution in [1.29, 1.82) is 0 Å². The molecule has 0 aliphatic carbocycles. The predicted molar refractivity (Wildman–Crippen MR) is 78.1 cm³/mol. The minimum absolute atomic E-state index is 0.106. The van der Waals surface area contributed by atoms with Crippen LogP contribution in [0.5, 0.6) is 0 Å². The normalized spacial score (nSPS) is 25.1. The molecule has 1 fully saturated rings. The number of hydrogen-bond acceptors (Lipinski definition) is 4. The molecular weight excluding hydrogens is 300 g/mol. The van der Waals surface area contributed by atoms with Crippen molar-refractivity contribution in [2.45, 2.75) is 37.6 Å². The molecule has 2 heterocycles. The van der Waals surface area contributed by atoms with Crippen molar-refractivity contribution in [3.05, 3.63) is 10.8 Å². The second kappa shape index (κ2) is 5.63. The molecule has 2 atom stereocenters. The summed E-state index contributed by atoms with van der Waals surface area (Å²) >= 11 is 6.11. The molecule has 0 spiro atoms. The third kappa shape index (κ3) is 2.47. The Kier molecular flexibility index (Phi) is 4.44. The van der Waals surface area contributed by atoms with E-state index in [9.17, 15) is 8.42 Å². The Bertz CT molecular complexity index is 599. The molecule has 2 rings (SSSR count). The Morgan fingerprint density at radius 1 is 1.50 bits per heavy atom. The summed E-state index contributed by atoms with van der Waals surface area (Å²) in [6.07, 6.45) is 1.83. The van der Waals surface area contributed by atoms with Crippen molar-refractivity contribution in [1.82, 2.24) is 14.1 Å². The van der Waals surface area contributed by atoms with Crippen LogP contribution in [-0.2, 0) is 17.1 Å². The summed E-state index contributed by atoms with van der Waals surface area (Å²) < 4.78 is 28.7. The van der Waals surface area contributed by atoms with E-state index in [2.05, 4.69) is 5.10 Å². The Hall–Kier alpha value is -0.630. The Morgan fingerprint density at radius 2 is 2.15 bits per heavy atom. The van der Waals surface area contributed by atoms with Gasteiger partial charge in [-0.15, -0.1) is 0 Å². The summed E-state index contributed by atoms with van der Waals surface area (Å²) in [4.78, 5) is 0.106. The molecule has 1 aromatic rings. The third-order valence-corrected chi connectivity index (χ3v) is 6.59. The molecule has 1 aliphatic heterocycles. The van der Waals surface area contributed by atoms with E-state index in [0.717, 1.165) is 12.8 Å². The van der Waals surface area contributed by atoms with Crippen LogP contribution in [0.1, 0.15) is 25.5 Å². The predicted octanol–water partition coefficient (Wildman–Crippen LogP) is 1.13. The molecule has 0 bridgehead atoms. The molecule has 0 aromatic carbocycles. The van der Waals surface area contributed by atoms with Crippen molar-refractivity contribution < 1.29 is 8.42 Å². The molecular formula is C12H21ClN4O2S. The van der Waals surface area contributed by atoms with Crippen molar-refractivity contribution in [2.24, 2.45) is 18.7 Å². The van der Waals surface area contributed by atoms with Gasteiger partial charge in [-0.05, 0) is 25.7 Å². The maximum atomic E-state index is 12.9. The van der Waals surface area contributed by atoms with Crippen molar-refractivity contribution in [3.8, 4) is 0 Å². The highest BCUT2D eigenvalue weighted by Gasteiger charge is 2.39. The number of nitrogens with two attached hydrogens (primary N) is 1. The second-order valence-corrected chi connectivity index (χ2v) is 7.55. The van der Waals surface area contributed by atoms with E-state index in [-0.39, 0.29) is 22.0 Å². The van der Waals surface area contributed by atoms with Crippen LogP contribution in [-0.4, -0.2) is 41.6 Å². The van der Waals surface area contributed by atoms with E-state index in [1.807, 2.05) is 6.92 Å². The van der Waals surface area contributed by atoms with E-state index in [1.54, 1.807) is 14.0 Å². The summed E-state index contributed by atoms with van der Waals surface area (Å²) in [5.41, 5.74) is 6.20. The molecule has 20 heavy (non-hydrogen) atoms. The minimum Gasteiger partial charge on any atom is -0.329 e. The lowest BCUT2D eigenvalue weighted by Gasteiger charge is -2.38. The van der Waals surface area contributed by atoms with Crippen LogP contribution < -0.4 is 5.73 Å². The van der Waals surface area contributed by atoms with Crippen LogP contribution in [0, 0.1) is 12.8 Å². The van der Waals surface area contributed by atoms with Crippen molar-refractivity contribution in [2.75, 3.05) is 13.1 Å². The zero-order valence-corrected chi connectivity index (χ0v) is 13.6. The van der Waals surface area contributed by atoms with Gasteiger partial charge in [-0.3, -0.25) is 4.68 Å². The van der Waals surface area contributed by atoms with Gasteiger partial charge in [-0.2, -0.15) is 9.40 Å². The number of piperidine rings is 1. The van der Waals surface area contributed by atoms with Gasteiger partial charge in [0.25, 0.3) is 0 Å². The topological polar surface area (TPSA) is 81.2 Å². The summed E-state index contributed by atoms with van der Waals surface area (Å²) in [5, 5.41) is 4.24. The fourth-order valence-corrected chi connectivity index (χ4v) is 5.36. The zero-order valence-electron chi connectivity index (χ0n) is 12.0. The molecule has 0 saturated carbocycles. The molecule has 1 aromatic heterocycles. The molecule has 0 amide bonds. The van der Waals surface area contributed by atoms with Crippen molar-refractivity contribution >= 4 is 21.6 Å². The number of hydrogen-bond donors (Lipinski definition) is 1. The van der Waals surface area contributed by atoms with Crippen LogP contribution in [0.15, 0.2) is 4.90 Å². The molecule has 0 radical (unpaired) electrons. The van der Waals surface area contributed by atoms with Gasteiger partial charge in [-0.25, -0.2) is 8.42 Å². The Labute approximate surface area is 124 Å². The second-order valence-electron chi connectivity index (χ2n) is 5.37. The maximum Gasteiger partial charge on any atom is 0.248 e. The van der Waals surface area contributed by atoms with E-state index in [1.165, 1.54) is 8.99 Å². The smallest absolute Gasteiger partial charge is 0.248 e. The number of aryl methyl sites for hydroxylation is 2. The highest BCUT2D eigenvalue weighted by molar-refractivity contribution is 7.89. The number of aromatic nitrogens is 2. The van der Waals surface area contributed by atoms with Crippen molar-refractivity contribution in [3.63, 3.8) is 0 Å². The fourth-order valence-electron chi connectivity index (χ4n) is 2.88. The lowest BCUT2D eigenvalue weighted by molar-refractivity contribution is 0.192. The Balaban J connectivity index is 2.48. The summed E-state index contributed by atoms with van der Waals surface area (Å²) in [7, 11) is -2.03. The van der Waals surface area contributed by atoms with Gasteiger partial charge >= 0.3 is 0 Å². The Morgan fingerprint density at radius 3 is 2.65 bits per heavy atom. The van der Waals surface area contributed by atoms with E-state index in [0.29, 0.717) is 18.8 Å². The van der Waals surface area contributed by atoms with Crippen LogP contribution in [0.2, 0.25) is 5.15 Å². The lowest BCUT2D eigenvalue weighted by Crippen LogP contribution is -2.51. The summed E-state index contributed by atoms with van der Waals surface area (Å²) in [6, 6.07) is -0.176. The quantitative estimate of drug-likeness (QED) is 0.905. The first-order valence-electron chi connectivity index (χ1n) is 6.71. The highest BCUT2D eigenvalue weighted by atomic mass is 35.5. The third-order valence-electron chi connectivity index (χ3n) is 3.97. The van der Waals surface area contributed by atoms with Crippen LogP contribution in [0.25, 0.3) is 0 Å². The van der Waals surface area contributed by atoms with Gasteiger partial charge in [0.15, 0.2) is 0 Å². The van der Waals surface area contributed by atoms with Crippen LogP contribution in [0.4, 0.5) is 0 Å². The molecule has 1 saturated heterocycles.